The molecule has 106 valence electrons. The third-order valence-electron chi connectivity index (χ3n) is 3.22. The lowest BCUT2D eigenvalue weighted by Gasteiger charge is -2.16. The van der Waals surface area contributed by atoms with Gasteiger partial charge in [0.25, 0.3) is 0 Å². The summed E-state index contributed by atoms with van der Waals surface area (Å²) in [5.74, 6) is 0.599. The van der Waals surface area contributed by atoms with E-state index in [1.807, 2.05) is 30.3 Å². The largest absolute Gasteiger partial charge is 0.497 e. The van der Waals surface area contributed by atoms with E-state index in [0.29, 0.717) is 11.0 Å². The number of hydrogen-bond donors (Lipinski definition) is 1. The Labute approximate surface area is 127 Å². The van der Waals surface area contributed by atoms with Crippen molar-refractivity contribution in [1.82, 2.24) is 5.32 Å². The van der Waals surface area contributed by atoms with Crippen LogP contribution in [0.3, 0.4) is 0 Å². The van der Waals surface area contributed by atoms with Crippen LogP contribution in [0.25, 0.3) is 0 Å². The molecule has 0 aliphatic carbocycles. The molecule has 0 saturated heterocycles. The molecule has 0 amide bonds. The van der Waals surface area contributed by atoms with Gasteiger partial charge in [0, 0.05) is 12.6 Å². The number of methoxy groups -OCH3 is 1. The molecule has 0 fully saturated rings. The van der Waals surface area contributed by atoms with Gasteiger partial charge in [-0.2, -0.15) is 0 Å². The molecule has 4 heteroatoms. The summed E-state index contributed by atoms with van der Waals surface area (Å²) in [6.07, 6.45) is 0. The Morgan fingerprint density at radius 1 is 1.25 bits per heavy atom. The van der Waals surface area contributed by atoms with E-state index in [1.54, 1.807) is 13.2 Å². The molecule has 1 N–H and O–H groups in total. The number of rotatable bonds is 5. The van der Waals surface area contributed by atoms with Crippen molar-refractivity contribution in [3.8, 4) is 5.75 Å². The maximum Gasteiger partial charge on any atom is 0.137 e. The van der Waals surface area contributed by atoms with Crippen LogP contribution in [0.5, 0.6) is 5.75 Å². The minimum absolute atomic E-state index is 0.153. The molecule has 0 saturated carbocycles. The normalized spacial score (nSPS) is 12.2. The predicted octanol–water partition coefficient (Wildman–Crippen LogP) is 4.45. The van der Waals surface area contributed by atoms with Crippen LogP contribution in [0.15, 0.2) is 46.9 Å². The van der Waals surface area contributed by atoms with Gasteiger partial charge in [-0.25, -0.2) is 4.39 Å². The van der Waals surface area contributed by atoms with Crippen LogP contribution in [-0.2, 0) is 6.54 Å². The molecule has 2 rings (SSSR count). The van der Waals surface area contributed by atoms with Gasteiger partial charge in [-0.05, 0) is 52.2 Å². The molecule has 0 bridgehead atoms. The summed E-state index contributed by atoms with van der Waals surface area (Å²) in [5, 5.41) is 3.38. The zero-order valence-electron chi connectivity index (χ0n) is 11.5. The minimum Gasteiger partial charge on any atom is -0.497 e. The highest BCUT2D eigenvalue weighted by molar-refractivity contribution is 9.10. The number of nitrogens with one attached hydrogen (secondary N) is 1. The monoisotopic (exact) mass is 337 g/mol. The molecular formula is C16H17BrFNO. The van der Waals surface area contributed by atoms with Crippen molar-refractivity contribution in [2.24, 2.45) is 0 Å². The summed E-state index contributed by atoms with van der Waals surface area (Å²) in [6, 6.07) is 13.1. The molecule has 2 aromatic carbocycles. The third kappa shape index (κ3) is 3.58. The highest BCUT2D eigenvalue weighted by atomic mass is 79.9. The van der Waals surface area contributed by atoms with E-state index in [9.17, 15) is 4.39 Å². The first-order chi connectivity index (χ1) is 9.61. The summed E-state index contributed by atoms with van der Waals surface area (Å²) in [7, 11) is 1.65. The van der Waals surface area contributed by atoms with E-state index in [1.165, 1.54) is 6.07 Å². The fraction of sp³-hybridized carbons (Fsp3) is 0.250. The molecule has 1 atom stereocenters. The van der Waals surface area contributed by atoms with Gasteiger partial charge in [0.2, 0.25) is 0 Å². The van der Waals surface area contributed by atoms with Gasteiger partial charge < -0.3 is 10.1 Å². The van der Waals surface area contributed by atoms with E-state index >= 15 is 0 Å². The molecule has 0 aromatic heterocycles. The Morgan fingerprint density at radius 3 is 2.75 bits per heavy atom. The molecule has 20 heavy (non-hydrogen) atoms. The van der Waals surface area contributed by atoms with Gasteiger partial charge in [-0.15, -0.1) is 0 Å². The molecule has 2 aromatic rings. The zero-order chi connectivity index (χ0) is 14.5. The first-order valence-corrected chi connectivity index (χ1v) is 7.21. The second-order valence-electron chi connectivity index (χ2n) is 4.59. The second kappa shape index (κ2) is 6.86. The van der Waals surface area contributed by atoms with Crippen LogP contribution in [-0.4, -0.2) is 7.11 Å². The Balaban J connectivity index is 2.04. The molecule has 0 aliphatic heterocycles. The quantitative estimate of drug-likeness (QED) is 0.870. The smallest absolute Gasteiger partial charge is 0.137 e. The molecule has 0 heterocycles. The zero-order valence-corrected chi connectivity index (χ0v) is 13.1. The number of halogens is 2. The first kappa shape index (κ1) is 15.0. The lowest BCUT2D eigenvalue weighted by atomic mass is 10.1. The van der Waals surface area contributed by atoms with Crippen LogP contribution in [0, 0.1) is 5.82 Å². The first-order valence-electron chi connectivity index (χ1n) is 6.42. The van der Waals surface area contributed by atoms with Crippen molar-refractivity contribution in [3.05, 3.63) is 63.9 Å². The lowest BCUT2D eigenvalue weighted by molar-refractivity contribution is 0.413. The second-order valence-corrected chi connectivity index (χ2v) is 5.39. The van der Waals surface area contributed by atoms with Crippen LogP contribution in [0.4, 0.5) is 4.39 Å². The van der Waals surface area contributed by atoms with Gasteiger partial charge in [0.1, 0.15) is 11.6 Å². The van der Waals surface area contributed by atoms with E-state index in [4.69, 9.17) is 4.74 Å². The molecular weight excluding hydrogens is 321 g/mol. The molecule has 0 aliphatic rings. The van der Waals surface area contributed by atoms with E-state index in [-0.39, 0.29) is 11.9 Å². The number of hydrogen-bond acceptors (Lipinski definition) is 2. The summed E-state index contributed by atoms with van der Waals surface area (Å²) in [4.78, 5) is 0. The van der Waals surface area contributed by atoms with Gasteiger partial charge >= 0.3 is 0 Å². The topological polar surface area (TPSA) is 21.3 Å². The Kier molecular flexibility index (Phi) is 5.15. The van der Waals surface area contributed by atoms with Gasteiger partial charge in [0.05, 0.1) is 11.6 Å². The Hall–Kier alpha value is -1.39. The van der Waals surface area contributed by atoms with Gasteiger partial charge in [-0.1, -0.05) is 24.3 Å². The van der Waals surface area contributed by atoms with E-state index in [0.717, 1.165) is 16.9 Å². The average molecular weight is 338 g/mol. The maximum atomic E-state index is 13.4. The fourth-order valence-corrected chi connectivity index (χ4v) is 2.38. The minimum atomic E-state index is -0.238. The van der Waals surface area contributed by atoms with E-state index < -0.39 is 0 Å². The molecule has 0 radical (unpaired) electrons. The van der Waals surface area contributed by atoms with Gasteiger partial charge in [0.15, 0.2) is 0 Å². The highest BCUT2D eigenvalue weighted by Crippen LogP contribution is 2.22. The predicted molar refractivity (Wildman–Crippen MR) is 82.3 cm³/mol. The lowest BCUT2D eigenvalue weighted by Crippen LogP contribution is -2.18. The summed E-state index contributed by atoms with van der Waals surface area (Å²) in [6.45, 7) is 2.67. The van der Waals surface area contributed by atoms with Crippen molar-refractivity contribution in [2.45, 2.75) is 19.5 Å². The summed E-state index contributed by atoms with van der Waals surface area (Å²) >= 11 is 3.27. The van der Waals surface area contributed by atoms with Crippen LogP contribution >= 0.6 is 15.9 Å². The molecule has 0 spiro atoms. The van der Waals surface area contributed by atoms with Crippen molar-refractivity contribution in [2.75, 3.05) is 7.11 Å². The van der Waals surface area contributed by atoms with Crippen LogP contribution in [0.1, 0.15) is 24.1 Å². The average Bonchev–Trinajstić information content (AvgIpc) is 2.48. The van der Waals surface area contributed by atoms with Crippen molar-refractivity contribution in [3.63, 3.8) is 0 Å². The maximum absolute atomic E-state index is 13.4. The third-order valence-corrected chi connectivity index (χ3v) is 4.11. The van der Waals surface area contributed by atoms with Gasteiger partial charge in [-0.3, -0.25) is 0 Å². The standard InChI is InChI=1S/C16H17BrFNO/c1-11(12-5-3-7-14(9-12)20-2)19-10-13-6-4-8-15(18)16(13)17/h3-9,11,19H,10H2,1-2H3/t11-/m1/s1. The number of ether oxygens (including phenoxy) is 1. The van der Waals surface area contributed by atoms with Crippen LogP contribution in [0.2, 0.25) is 0 Å². The van der Waals surface area contributed by atoms with Crippen molar-refractivity contribution in [1.29, 1.82) is 0 Å². The Morgan fingerprint density at radius 2 is 2.00 bits per heavy atom. The van der Waals surface area contributed by atoms with Crippen molar-refractivity contribution >= 4 is 15.9 Å². The van der Waals surface area contributed by atoms with Crippen LogP contribution < -0.4 is 10.1 Å². The number of benzene rings is 2. The van der Waals surface area contributed by atoms with E-state index in [2.05, 4.69) is 28.2 Å². The highest BCUT2D eigenvalue weighted by Gasteiger charge is 2.09. The van der Waals surface area contributed by atoms with Crippen molar-refractivity contribution < 1.29 is 9.13 Å². The molecule has 2 nitrogen and oxygen atoms in total. The SMILES string of the molecule is COc1cccc([C@@H](C)NCc2cccc(F)c2Br)c1. The Bertz CT molecular complexity index is 588. The summed E-state index contributed by atoms with van der Waals surface area (Å²) < 4.78 is 19.2. The fourth-order valence-electron chi connectivity index (χ4n) is 1.98. The molecule has 0 unspecified atom stereocenters. The summed E-state index contributed by atoms with van der Waals surface area (Å²) in [5.41, 5.74) is 2.04.